The first kappa shape index (κ1) is 18.1. The van der Waals surface area contributed by atoms with Crippen LogP contribution in [0.15, 0.2) is 36.4 Å². The van der Waals surface area contributed by atoms with Crippen LogP contribution in [0, 0.1) is 0 Å². The van der Waals surface area contributed by atoms with Crippen LogP contribution >= 0.6 is 0 Å². The van der Waals surface area contributed by atoms with Crippen LogP contribution in [0.2, 0.25) is 0 Å². The molecule has 0 heterocycles. The number of hydrogen-bond acceptors (Lipinski definition) is 3. The number of ether oxygens (including phenoxy) is 2. The van der Waals surface area contributed by atoms with Gasteiger partial charge >= 0.3 is 6.18 Å². The highest BCUT2D eigenvalue weighted by Crippen LogP contribution is 2.45. The summed E-state index contributed by atoms with van der Waals surface area (Å²) < 4.78 is 50.8. The zero-order chi connectivity index (χ0) is 17.9. The largest absolute Gasteiger partial charge is 0.493 e. The van der Waals surface area contributed by atoms with E-state index >= 15 is 0 Å². The number of alkyl halides is 3. The minimum absolute atomic E-state index is 0.0541. The second-order valence-corrected chi connectivity index (χ2v) is 5.36. The van der Waals surface area contributed by atoms with Gasteiger partial charge in [-0.1, -0.05) is 18.2 Å². The first-order valence-corrected chi connectivity index (χ1v) is 7.43. The molecule has 0 aliphatic rings. The number of benzene rings is 2. The molecule has 130 valence electrons. The van der Waals surface area contributed by atoms with Crippen LogP contribution in [-0.2, 0) is 6.18 Å². The Hall–Kier alpha value is -2.21. The van der Waals surface area contributed by atoms with Crippen molar-refractivity contribution in [2.45, 2.75) is 19.1 Å². The SMILES string of the molecule is CNC(C)c1cc(OC)c(OC)c(-c2ccccc2C(F)(F)F)c1. The van der Waals surface area contributed by atoms with Crippen molar-refractivity contribution in [3.05, 3.63) is 47.5 Å². The predicted octanol–water partition coefficient (Wildman–Crippen LogP) is 4.67. The molecule has 6 heteroatoms. The molecule has 0 aromatic heterocycles. The Morgan fingerprint density at radius 1 is 1.00 bits per heavy atom. The van der Waals surface area contributed by atoms with Gasteiger partial charge in [0.05, 0.1) is 19.8 Å². The van der Waals surface area contributed by atoms with Crippen molar-refractivity contribution >= 4 is 0 Å². The highest BCUT2D eigenvalue weighted by molar-refractivity contribution is 5.77. The summed E-state index contributed by atoms with van der Waals surface area (Å²) in [5.41, 5.74) is 0.508. The average Bonchev–Trinajstić information content (AvgIpc) is 2.58. The quantitative estimate of drug-likeness (QED) is 0.859. The van der Waals surface area contributed by atoms with E-state index in [0.29, 0.717) is 11.3 Å². The molecular formula is C18H20F3NO2. The number of hydrogen-bond donors (Lipinski definition) is 1. The molecule has 0 saturated carbocycles. The first-order chi connectivity index (χ1) is 11.3. The monoisotopic (exact) mass is 339 g/mol. The van der Waals surface area contributed by atoms with Gasteiger partial charge in [-0.25, -0.2) is 0 Å². The van der Waals surface area contributed by atoms with E-state index < -0.39 is 11.7 Å². The van der Waals surface area contributed by atoms with Crippen molar-refractivity contribution in [1.29, 1.82) is 0 Å². The summed E-state index contributed by atoms with van der Waals surface area (Å²) in [6.07, 6.45) is -4.46. The Morgan fingerprint density at radius 3 is 2.21 bits per heavy atom. The number of rotatable bonds is 5. The normalized spacial score (nSPS) is 12.8. The molecule has 0 bridgehead atoms. The summed E-state index contributed by atoms with van der Waals surface area (Å²) in [6.45, 7) is 1.92. The lowest BCUT2D eigenvalue weighted by Gasteiger charge is -2.20. The lowest BCUT2D eigenvalue weighted by Crippen LogP contribution is -2.13. The molecule has 0 aliphatic heterocycles. The fourth-order valence-corrected chi connectivity index (χ4v) is 2.57. The first-order valence-electron chi connectivity index (χ1n) is 7.43. The Kier molecular flexibility index (Phi) is 5.39. The van der Waals surface area contributed by atoms with Gasteiger partial charge in [-0.2, -0.15) is 13.2 Å². The van der Waals surface area contributed by atoms with Crippen LogP contribution in [0.1, 0.15) is 24.1 Å². The smallest absolute Gasteiger partial charge is 0.417 e. The zero-order valence-electron chi connectivity index (χ0n) is 14.0. The summed E-state index contributed by atoms with van der Waals surface area (Å²) in [4.78, 5) is 0. The maximum Gasteiger partial charge on any atom is 0.417 e. The minimum Gasteiger partial charge on any atom is -0.493 e. The molecule has 3 nitrogen and oxygen atoms in total. The average molecular weight is 339 g/mol. The zero-order valence-corrected chi connectivity index (χ0v) is 14.0. The summed E-state index contributed by atoms with van der Waals surface area (Å²) in [6, 6.07) is 8.86. The van der Waals surface area contributed by atoms with E-state index in [9.17, 15) is 13.2 Å². The van der Waals surface area contributed by atoms with Crippen molar-refractivity contribution in [3.8, 4) is 22.6 Å². The van der Waals surface area contributed by atoms with E-state index in [1.165, 1.54) is 26.4 Å². The molecule has 24 heavy (non-hydrogen) atoms. The van der Waals surface area contributed by atoms with Crippen LogP contribution in [0.3, 0.4) is 0 Å². The van der Waals surface area contributed by atoms with Crippen LogP contribution < -0.4 is 14.8 Å². The topological polar surface area (TPSA) is 30.5 Å². The summed E-state index contributed by atoms with van der Waals surface area (Å²) in [7, 11) is 4.66. The van der Waals surface area contributed by atoms with Gasteiger partial charge in [0.1, 0.15) is 0 Å². The number of methoxy groups -OCH3 is 2. The molecule has 0 amide bonds. The van der Waals surface area contributed by atoms with Gasteiger partial charge in [-0.05, 0) is 43.3 Å². The van der Waals surface area contributed by atoms with E-state index in [-0.39, 0.29) is 17.4 Å². The molecule has 2 rings (SSSR count). The van der Waals surface area contributed by atoms with Crippen LogP contribution in [0.4, 0.5) is 13.2 Å². The van der Waals surface area contributed by atoms with Crippen molar-refractivity contribution in [2.24, 2.45) is 0 Å². The van der Waals surface area contributed by atoms with Gasteiger partial charge in [0, 0.05) is 11.6 Å². The Morgan fingerprint density at radius 2 is 1.67 bits per heavy atom. The van der Waals surface area contributed by atoms with E-state index in [2.05, 4.69) is 5.32 Å². The third-order valence-corrected chi connectivity index (χ3v) is 3.96. The van der Waals surface area contributed by atoms with Crippen molar-refractivity contribution in [3.63, 3.8) is 0 Å². The minimum atomic E-state index is -4.46. The molecule has 0 saturated heterocycles. The fraction of sp³-hybridized carbons (Fsp3) is 0.333. The highest BCUT2D eigenvalue weighted by atomic mass is 19.4. The van der Waals surface area contributed by atoms with E-state index in [1.807, 2.05) is 6.92 Å². The molecule has 0 aliphatic carbocycles. The molecule has 1 N–H and O–H groups in total. The van der Waals surface area contributed by atoms with E-state index in [1.54, 1.807) is 25.2 Å². The van der Waals surface area contributed by atoms with Gasteiger partial charge in [-0.3, -0.25) is 0 Å². The standard InChI is InChI=1S/C18H20F3NO2/c1-11(22-2)12-9-14(17(24-4)16(10-12)23-3)13-7-5-6-8-15(13)18(19,20)21/h5-11,22H,1-4H3. The third-order valence-electron chi connectivity index (χ3n) is 3.96. The van der Waals surface area contributed by atoms with Gasteiger partial charge < -0.3 is 14.8 Å². The Bertz CT molecular complexity index is 714. The van der Waals surface area contributed by atoms with Gasteiger partial charge in [0.25, 0.3) is 0 Å². The molecule has 1 unspecified atom stereocenters. The second-order valence-electron chi connectivity index (χ2n) is 5.36. The van der Waals surface area contributed by atoms with Gasteiger partial charge in [-0.15, -0.1) is 0 Å². The second kappa shape index (κ2) is 7.13. The third kappa shape index (κ3) is 3.48. The lowest BCUT2D eigenvalue weighted by atomic mass is 9.94. The van der Waals surface area contributed by atoms with Gasteiger partial charge in [0.2, 0.25) is 0 Å². The summed E-state index contributed by atoms with van der Waals surface area (Å²) >= 11 is 0. The molecule has 1 atom stereocenters. The molecule has 0 radical (unpaired) electrons. The number of halogens is 3. The summed E-state index contributed by atoms with van der Waals surface area (Å²) in [5.74, 6) is 0.672. The van der Waals surface area contributed by atoms with Crippen LogP contribution in [-0.4, -0.2) is 21.3 Å². The maximum absolute atomic E-state index is 13.4. The van der Waals surface area contributed by atoms with Crippen molar-refractivity contribution in [2.75, 3.05) is 21.3 Å². The summed E-state index contributed by atoms with van der Waals surface area (Å²) in [5, 5.41) is 3.07. The molecule has 0 spiro atoms. The predicted molar refractivity (Wildman–Crippen MR) is 87.5 cm³/mol. The molecule has 2 aromatic carbocycles. The molecule has 0 fully saturated rings. The van der Waals surface area contributed by atoms with E-state index in [0.717, 1.165) is 11.6 Å². The van der Waals surface area contributed by atoms with E-state index in [4.69, 9.17) is 9.47 Å². The Balaban J connectivity index is 2.78. The Labute approximate surface area is 139 Å². The lowest BCUT2D eigenvalue weighted by molar-refractivity contribution is -0.137. The number of nitrogens with one attached hydrogen (secondary N) is 1. The van der Waals surface area contributed by atoms with Crippen LogP contribution in [0.25, 0.3) is 11.1 Å². The molecular weight excluding hydrogens is 319 g/mol. The fourth-order valence-electron chi connectivity index (χ4n) is 2.57. The van der Waals surface area contributed by atoms with Crippen LogP contribution in [0.5, 0.6) is 11.5 Å². The van der Waals surface area contributed by atoms with Gasteiger partial charge in [0.15, 0.2) is 11.5 Å². The van der Waals surface area contributed by atoms with Crippen molar-refractivity contribution in [1.82, 2.24) is 5.32 Å². The molecule has 2 aromatic rings. The highest BCUT2D eigenvalue weighted by Gasteiger charge is 2.34. The van der Waals surface area contributed by atoms with Crippen molar-refractivity contribution < 1.29 is 22.6 Å². The maximum atomic E-state index is 13.4.